The molecule has 0 unspecified atom stereocenters. The Hall–Kier alpha value is -3.54. The molecular formula is C36H46F2N4O4Si. The van der Waals surface area contributed by atoms with Crippen LogP contribution in [0.5, 0.6) is 0 Å². The van der Waals surface area contributed by atoms with E-state index in [0.717, 1.165) is 35.2 Å². The Morgan fingerprint density at radius 1 is 1.13 bits per heavy atom. The van der Waals surface area contributed by atoms with Gasteiger partial charge in [0.25, 0.3) is 11.8 Å². The van der Waals surface area contributed by atoms with E-state index in [1.165, 1.54) is 12.3 Å². The van der Waals surface area contributed by atoms with Gasteiger partial charge in [0.15, 0.2) is 8.32 Å². The maximum atomic E-state index is 14.1. The number of alkyl halides is 2. The average molecular weight is 665 g/mol. The highest BCUT2D eigenvalue weighted by Gasteiger charge is 2.50. The van der Waals surface area contributed by atoms with E-state index in [-0.39, 0.29) is 22.4 Å². The molecule has 47 heavy (non-hydrogen) atoms. The van der Waals surface area contributed by atoms with Crippen molar-refractivity contribution in [3.05, 3.63) is 71.2 Å². The first kappa shape index (κ1) is 34.8. The molecule has 8 nitrogen and oxygen atoms in total. The molecule has 0 aliphatic carbocycles. The number of nitrogens with one attached hydrogen (secondary N) is 1. The molecule has 1 aromatic carbocycles. The first-order valence-electron chi connectivity index (χ1n) is 16.2. The van der Waals surface area contributed by atoms with Crippen molar-refractivity contribution < 1.29 is 27.5 Å². The average Bonchev–Trinajstić information content (AvgIpc) is 3.21. The van der Waals surface area contributed by atoms with Gasteiger partial charge in [-0.1, -0.05) is 33.8 Å². The molecule has 2 aliphatic heterocycles. The standard InChI is InChI=1S/C36H46F2N4O4Si/c1-23-9-10-26(41-32(43)24-11-14-39-30(20-24)36(6,37)38)21-27(23)25-19-29-31(40-22-25)42(15-18-46-47(7,8)34(2,3)4)33(44)28-12-16-45-17-13-35(28,29)5/h9-11,14,19-22,28H,12-13,15-18H2,1-8H3,(H,41,43)/t28-,35+/m1/s1. The van der Waals surface area contributed by atoms with Gasteiger partial charge in [0.1, 0.15) is 11.5 Å². The van der Waals surface area contributed by atoms with E-state index in [1.807, 2.05) is 19.1 Å². The van der Waals surface area contributed by atoms with Crippen LogP contribution in [0.2, 0.25) is 18.1 Å². The van der Waals surface area contributed by atoms with Crippen molar-refractivity contribution >= 4 is 31.6 Å². The van der Waals surface area contributed by atoms with E-state index in [4.69, 9.17) is 14.1 Å². The molecule has 2 aromatic heterocycles. The van der Waals surface area contributed by atoms with Crippen molar-refractivity contribution in [2.45, 2.75) is 83.9 Å². The third-order valence-corrected chi connectivity index (χ3v) is 14.8. The van der Waals surface area contributed by atoms with Gasteiger partial charge >= 0.3 is 0 Å². The van der Waals surface area contributed by atoms with Gasteiger partial charge in [0, 0.05) is 66.9 Å². The van der Waals surface area contributed by atoms with Crippen LogP contribution in [-0.2, 0) is 25.3 Å². The van der Waals surface area contributed by atoms with Crippen LogP contribution in [0.1, 0.15) is 74.6 Å². The maximum Gasteiger partial charge on any atom is 0.286 e. The van der Waals surface area contributed by atoms with Crippen LogP contribution < -0.4 is 10.2 Å². The van der Waals surface area contributed by atoms with E-state index < -0.39 is 31.3 Å². The molecule has 252 valence electrons. The van der Waals surface area contributed by atoms with E-state index in [9.17, 15) is 18.4 Å². The summed E-state index contributed by atoms with van der Waals surface area (Å²) in [7, 11) is -2.01. The number of carbonyl (C=O) groups is 2. The molecule has 1 N–H and O–H groups in total. The number of aromatic nitrogens is 2. The molecule has 0 spiro atoms. The Morgan fingerprint density at radius 2 is 1.87 bits per heavy atom. The molecule has 4 heterocycles. The minimum Gasteiger partial charge on any atom is -0.415 e. The molecule has 2 atom stereocenters. The highest BCUT2D eigenvalue weighted by molar-refractivity contribution is 6.74. The molecule has 2 amide bonds. The van der Waals surface area contributed by atoms with Crippen molar-refractivity contribution in [1.29, 1.82) is 0 Å². The molecule has 3 aromatic rings. The molecule has 2 aliphatic rings. The lowest BCUT2D eigenvalue weighted by molar-refractivity contribution is -0.125. The number of amides is 2. The fraction of sp³-hybridized carbons (Fsp3) is 0.500. The van der Waals surface area contributed by atoms with Crippen LogP contribution in [0, 0.1) is 12.8 Å². The van der Waals surface area contributed by atoms with Gasteiger partial charge in [-0.25, -0.2) is 4.98 Å². The van der Waals surface area contributed by atoms with Crippen molar-refractivity contribution in [2.75, 3.05) is 36.6 Å². The first-order valence-corrected chi connectivity index (χ1v) is 19.1. The second-order valence-corrected chi connectivity index (χ2v) is 19.4. The molecule has 0 saturated carbocycles. The normalized spacial score (nSPS) is 20.3. The quantitative estimate of drug-likeness (QED) is 0.247. The van der Waals surface area contributed by atoms with Crippen LogP contribution in [0.3, 0.4) is 0 Å². The van der Waals surface area contributed by atoms with E-state index >= 15 is 0 Å². The Balaban J connectivity index is 1.48. The van der Waals surface area contributed by atoms with Crippen molar-refractivity contribution in [1.82, 2.24) is 9.97 Å². The number of hydrogen-bond donors (Lipinski definition) is 1. The summed E-state index contributed by atoms with van der Waals surface area (Å²) in [5, 5.41) is 2.90. The van der Waals surface area contributed by atoms with E-state index in [0.29, 0.717) is 50.7 Å². The molecular weight excluding hydrogens is 619 g/mol. The Morgan fingerprint density at radius 3 is 2.57 bits per heavy atom. The molecule has 0 bridgehead atoms. The Bertz CT molecular complexity index is 1670. The lowest BCUT2D eigenvalue weighted by Gasteiger charge is -2.45. The fourth-order valence-electron chi connectivity index (χ4n) is 6.18. The summed E-state index contributed by atoms with van der Waals surface area (Å²) < 4.78 is 40.0. The van der Waals surface area contributed by atoms with Gasteiger partial charge in [-0.05, 0) is 79.4 Å². The lowest BCUT2D eigenvalue weighted by atomic mass is 9.66. The monoisotopic (exact) mass is 664 g/mol. The van der Waals surface area contributed by atoms with Gasteiger partial charge in [0.05, 0.1) is 12.5 Å². The van der Waals surface area contributed by atoms with Gasteiger partial charge in [-0.15, -0.1) is 0 Å². The fourth-order valence-corrected chi connectivity index (χ4v) is 7.22. The number of benzene rings is 1. The number of halogens is 2. The number of rotatable bonds is 8. The van der Waals surface area contributed by atoms with Gasteiger partial charge < -0.3 is 14.5 Å². The highest BCUT2D eigenvalue weighted by Crippen LogP contribution is 2.49. The summed E-state index contributed by atoms with van der Waals surface area (Å²) in [6.07, 6.45) is 4.30. The predicted molar refractivity (Wildman–Crippen MR) is 183 cm³/mol. The smallest absolute Gasteiger partial charge is 0.286 e. The summed E-state index contributed by atoms with van der Waals surface area (Å²) in [5.41, 5.74) is 3.35. The Kier molecular flexibility index (Phi) is 9.48. The summed E-state index contributed by atoms with van der Waals surface area (Å²) in [6, 6.07) is 10.2. The van der Waals surface area contributed by atoms with E-state index in [1.54, 1.807) is 17.2 Å². The number of pyridine rings is 2. The molecule has 0 radical (unpaired) electrons. The van der Waals surface area contributed by atoms with Crippen LogP contribution in [0.25, 0.3) is 11.1 Å². The van der Waals surface area contributed by atoms with Crippen LogP contribution in [0.4, 0.5) is 20.3 Å². The van der Waals surface area contributed by atoms with Crippen LogP contribution >= 0.6 is 0 Å². The molecule has 5 rings (SSSR count). The summed E-state index contributed by atoms with van der Waals surface area (Å²) in [5.74, 6) is -3.22. The number of nitrogens with zero attached hydrogens (tertiary/aromatic N) is 3. The zero-order valence-electron chi connectivity index (χ0n) is 28.7. The number of aryl methyl sites for hydroxylation is 1. The molecule has 1 fully saturated rings. The number of ether oxygens (including phenoxy) is 1. The zero-order valence-corrected chi connectivity index (χ0v) is 29.7. The molecule has 1 saturated heterocycles. The van der Waals surface area contributed by atoms with Gasteiger partial charge in [0.2, 0.25) is 5.91 Å². The Labute approximate surface area is 277 Å². The summed E-state index contributed by atoms with van der Waals surface area (Å²) in [6.45, 7) is 17.8. The largest absolute Gasteiger partial charge is 0.415 e. The van der Waals surface area contributed by atoms with Gasteiger partial charge in [-0.3, -0.25) is 19.5 Å². The third kappa shape index (κ3) is 7.03. The van der Waals surface area contributed by atoms with Gasteiger partial charge in [-0.2, -0.15) is 8.78 Å². The van der Waals surface area contributed by atoms with Crippen molar-refractivity contribution in [2.24, 2.45) is 5.92 Å². The number of anilines is 2. The van der Waals surface area contributed by atoms with Crippen LogP contribution in [-0.4, -0.2) is 56.5 Å². The number of carbonyl (C=O) groups excluding carboxylic acids is 2. The first-order chi connectivity index (χ1) is 21.9. The summed E-state index contributed by atoms with van der Waals surface area (Å²) >= 11 is 0. The number of hydrogen-bond acceptors (Lipinski definition) is 6. The highest BCUT2D eigenvalue weighted by atomic mass is 28.4. The zero-order chi connectivity index (χ0) is 34.4. The minimum absolute atomic E-state index is 0.0540. The van der Waals surface area contributed by atoms with Crippen molar-refractivity contribution in [3.63, 3.8) is 0 Å². The van der Waals surface area contributed by atoms with Crippen molar-refractivity contribution in [3.8, 4) is 11.1 Å². The summed E-state index contributed by atoms with van der Waals surface area (Å²) in [4.78, 5) is 37.6. The second kappa shape index (κ2) is 12.8. The molecule has 11 heteroatoms. The second-order valence-electron chi connectivity index (χ2n) is 14.6. The topological polar surface area (TPSA) is 93.7 Å². The minimum atomic E-state index is -3.16. The SMILES string of the molecule is Cc1ccc(NC(=O)c2ccnc(C(C)(F)F)c2)cc1-c1cnc2c(c1)[C@@]1(C)CCOCC[C@@H]1C(=O)N2CCO[Si](C)(C)C(C)(C)C. The number of fused-ring (bicyclic) bond motifs is 3. The van der Waals surface area contributed by atoms with E-state index in [2.05, 4.69) is 57.2 Å². The third-order valence-electron chi connectivity index (χ3n) is 10.2. The predicted octanol–water partition coefficient (Wildman–Crippen LogP) is 7.87. The maximum absolute atomic E-state index is 14.1. The van der Waals surface area contributed by atoms with Crippen LogP contribution in [0.15, 0.2) is 48.8 Å². The lowest BCUT2D eigenvalue weighted by Crippen LogP contribution is -2.53.